The maximum Gasteiger partial charge on any atom is 0.0695 e. The standard InChI is InChI=1S/C3H7NO.BrH/c1-2-4-5-3-1;/h4H,1-3H2;1H. The minimum absolute atomic E-state index is 0. The molecule has 6 heavy (non-hydrogen) atoms. The molecule has 1 heterocycles. The molecule has 2 nitrogen and oxygen atoms in total. The molecule has 1 N–H and O–H groups in total. The van der Waals surface area contributed by atoms with Crippen molar-refractivity contribution >= 4 is 17.0 Å². The molecule has 38 valence electrons. The van der Waals surface area contributed by atoms with Crippen molar-refractivity contribution in [3.8, 4) is 0 Å². The summed E-state index contributed by atoms with van der Waals surface area (Å²) in [5.41, 5.74) is 2.72. The van der Waals surface area contributed by atoms with Crippen LogP contribution < -0.4 is 5.48 Å². The fourth-order valence-corrected chi connectivity index (χ4v) is 0.361. The van der Waals surface area contributed by atoms with E-state index in [0.29, 0.717) is 0 Å². The Hall–Kier alpha value is 0.400. The van der Waals surface area contributed by atoms with Gasteiger partial charge in [-0.3, -0.25) is 0 Å². The van der Waals surface area contributed by atoms with Gasteiger partial charge in [0.05, 0.1) is 6.61 Å². The van der Waals surface area contributed by atoms with E-state index in [0.717, 1.165) is 13.2 Å². The second-order valence-corrected chi connectivity index (χ2v) is 1.10. The van der Waals surface area contributed by atoms with Crippen molar-refractivity contribution in [2.45, 2.75) is 6.42 Å². The van der Waals surface area contributed by atoms with Gasteiger partial charge in [-0.25, -0.2) is 5.48 Å². The first-order valence-electron chi connectivity index (χ1n) is 1.85. The summed E-state index contributed by atoms with van der Waals surface area (Å²) in [6, 6.07) is 0. The van der Waals surface area contributed by atoms with E-state index in [1.165, 1.54) is 6.42 Å². The van der Waals surface area contributed by atoms with Crippen LogP contribution in [0.3, 0.4) is 0 Å². The molecule has 1 aliphatic rings. The van der Waals surface area contributed by atoms with Crippen LogP contribution in [0.5, 0.6) is 0 Å². The summed E-state index contributed by atoms with van der Waals surface area (Å²) in [6.45, 7) is 1.92. The van der Waals surface area contributed by atoms with Crippen molar-refractivity contribution in [3.63, 3.8) is 0 Å². The third-order valence-electron chi connectivity index (χ3n) is 0.627. The molecular weight excluding hydrogens is 146 g/mol. The third kappa shape index (κ3) is 1.74. The van der Waals surface area contributed by atoms with Crippen molar-refractivity contribution < 1.29 is 4.84 Å². The van der Waals surface area contributed by atoms with E-state index in [1.54, 1.807) is 0 Å². The van der Waals surface area contributed by atoms with E-state index in [9.17, 15) is 0 Å². The lowest BCUT2D eigenvalue weighted by molar-refractivity contribution is 0.103. The lowest BCUT2D eigenvalue weighted by Gasteiger charge is -1.80. The molecule has 0 unspecified atom stereocenters. The number of hydroxylamine groups is 1. The first-order chi connectivity index (χ1) is 2.50. The second kappa shape index (κ2) is 3.59. The lowest BCUT2D eigenvalue weighted by Crippen LogP contribution is -2.01. The maximum atomic E-state index is 4.69. The Morgan fingerprint density at radius 2 is 2.33 bits per heavy atom. The highest BCUT2D eigenvalue weighted by molar-refractivity contribution is 8.93. The average molecular weight is 154 g/mol. The van der Waals surface area contributed by atoms with E-state index < -0.39 is 0 Å². The summed E-state index contributed by atoms with van der Waals surface area (Å²) in [5, 5.41) is 0. The van der Waals surface area contributed by atoms with Crippen molar-refractivity contribution in [1.82, 2.24) is 5.48 Å². The van der Waals surface area contributed by atoms with Crippen molar-refractivity contribution in [2.75, 3.05) is 13.2 Å². The molecule has 1 fully saturated rings. The molecule has 0 aromatic rings. The monoisotopic (exact) mass is 153 g/mol. The third-order valence-corrected chi connectivity index (χ3v) is 0.627. The van der Waals surface area contributed by atoms with Gasteiger partial charge in [-0.2, -0.15) is 0 Å². The molecule has 1 saturated heterocycles. The molecule has 0 amide bonds. The minimum Gasteiger partial charge on any atom is -0.302 e. The van der Waals surface area contributed by atoms with Crippen molar-refractivity contribution in [2.24, 2.45) is 0 Å². The summed E-state index contributed by atoms with van der Waals surface area (Å²) >= 11 is 0. The fraction of sp³-hybridized carbons (Fsp3) is 1.00. The molecule has 1 aliphatic heterocycles. The smallest absolute Gasteiger partial charge is 0.0695 e. The largest absolute Gasteiger partial charge is 0.302 e. The van der Waals surface area contributed by atoms with Gasteiger partial charge >= 0.3 is 0 Å². The molecule has 0 spiro atoms. The Kier molecular flexibility index (Phi) is 3.82. The molecular formula is C3H8BrNO. The van der Waals surface area contributed by atoms with Gasteiger partial charge < -0.3 is 4.84 Å². The van der Waals surface area contributed by atoms with Crippen LogP contribution in [0, 0.1) is 0 Å². The van der Waals surface area contributed by atoms with Gasteiger partial charge in [-0.05, 0) is 6.42 Å². The highest BCUT2D eigenvalue weighted by Crippen LogP contribution is 1.83. The molecule has 0 aromatic heterocycles. The predicted octanol–water partition coefficient (Wildman–Crippen LogP) is 0.489. The van der Waals surface area contributed by atoms with Gasteiger partial charge in [0, 0.05) is 6.54 Å². The highest BCUT2D eigenvalue weighted by atomic mass is 79.9. The summed E-state index contributed by atoms with van der Waals surface area (Å²) in [4.78, 5) is 4.69. The Balaban J connectivity index is 0.000000250. The zero-order valence-electron chi connectivity index (χ0n) is 3.44. The molecule has 0 saturated carbocycles. The zero-order valence-corrected chi connectivity index (χ0v) is 5.15. The predicted molar refractivity (Wildman–Crippen MR) is 28.9 cm³/mol. The van der Waals surface area contributed by atoms with E-state index >= 15 is 0 Å². The number of halogens is 1. The highest BCUT2D eigenvalue weighted by Gasteiger charge is 1.93. The van der Waals surface area contributed by atoms with Crippen LogP contribution in [0.2, 0.25) is 0 Å². The second-order valence-electron chi connectivity index (χ2n) is 1.10. The number of hydrogen-bond acceptors (Lipinski definition) is 2. The maximum absolute atomic E-state index is 4.69. The van der Waals surface area contributed by atoms with Crippen LogP contribution in [0.15, 0.2) is 0 Å². The molecule has 0 aromatic carbocycles. The van der Waals surface area contributed by atoms with Crippen LogP contribution in [-0.4, -0.2) is 13.2 Å². The Labute approximate surface area is 47.6 Å². The van der Waals surface area contributed by atoms with E-state index in [1.807, 2.05) is 0 Å². The molecule has 3 heteroatoms. The number of rotatable bonds is 0. The molecule has 1 rings (SSSR count). The SMILES string of the molecule is Br.C1CNOC1. The van der Waals surface area contributed by atoms with Gasteiger partial charge in [0.2, 0.25) is 0 Å². The zero-order chi connectivity index (χ0) is 3.54. The van der Waals surface area contributed by atoms with Crippen LogP contribution in [0.4, 0.5) is 0 Å². The van der Waals surface area contributed by atoms with Gasteiger partial charge in [0.15, 0.2) is 0 Å². The van der Waals surface area contributed by atoms with Gasteiger partial charge in [-0.1, -0.05) is 0 Å². The van der Waals surface area contributed by atoms with Gasteiger partial charge in [-0.15, -0.1) is 17.0 Å². The Bertz CT molecular complexity index is 22.4. The van der Waals surface area contributed by atoms with Crippen LogP contribution in [0.1, 0.15) is 6.42 Å². The topological polar surface area (TPSA) is 21.3 Å². The molecule has 0 aliphatic carbocycles. The fourth-order valence-electron chi connectivity index (χ4n) is 0.361. The van der Waals surface area contributed by atoms with Crippen LogP contribution in [0.25, 0.3) is 0 Å². The lowest BCUT2D eigenvalue weighted by atomic mass is 10.5. The first kappa shape index (κ1) is 6.40. The van der Waals surface area contributed by atoms with E-state index in [2.05, 4.69) is 5.48 Å². The van der Waals surface area contributed by atoms with Crippen molar-refractivity contribution in [3.05, 3.63) is 0 Å². The number of hydrogen-bond donors (Lipinski definition) is 1. The van der Waals surface area contributed by atoms with Gasteiger partial charge in [0.1, 0.15) is 0 Å². The average Bonchev–Trinajstić information content (AvgIpc) is 1.76. The normalized spacial score (nSPS) is 20.0. The summed E-state index contributed by atoms with van der Waals surface area (Å²) in [6.07, 6.45) is 1.17. The summed E-state index contributed by atoms with van der Waals surface area (Å²) < 4.78 is 0. The van der Waals surface area contributed by atoms with E-state index in [4.69, 9.17) is 4.84 Å². The van der Waals surface area contributed by atoms with E-state index in [-0.39, 0.29) is 17.0 Å². The van der Waals surface area contributed by atoms with Gasteiger partial charge in [0.25, 0.3) is 0 Å². The summed E-state index contributed by atoms with van der Waals surface area (Å²) in [5.74, 6) is 0. The molecule has 0 radical (unpaired) electrons. The quantitative estimate of drug-likeness (QED) is 0.548. The first-order valence-corrected chi connectivity index (χ1v) is 1.85. The summed E-state index contributed by atoms with van der Waals surface area (Å²) in [7, 11) is 0. The van der Waals surface area contributed by atoms with Crippen LogP contribution >= 0.6 is 17.0 Å². The Morgan fingerprint density at radius 3 is 2.50 bits per heavy atom. The van der Waals surface area contributed by atoms with Crippen LogP contribution in [-0.2, 0) is 4.84 Å². The van der Waals surface area contributed by atoms with Crippen molar-refractivity contribution in [1.29, 1.82) is 0 Å². The minimum atomic E-state index is 0. The molecule has 0 atom stereocenters. The number of nitrogens with one attached hydrogen (secondary N) is 1. The molecule has 0 bridgehead atoms. The Morgan fingerprint density at radius 1 is 1.50 bits per heavy atom.